The molecule has 7 aliphatic rings. The summed E-state index contributed by atoms with van der Waals surface area (Å²) in [7, 11) is 0. The van der Waals surface area contributed by atoms with Crippen LogP contribution in [-0.2, 0) is 10.8 Å². The number of aromatic nitrogens is 4. The number of hydrogen-bond acceptors (Lipinski definition) is 11. The first-order chi connectivity index (χ1) is 26.5. The predicted molar refractivity (Wildman–Crippen MR) is 207 cm³/mol. The van der Waals surface area contributed by atoms with Gasteiger partial charge in [-0.3, -0.25) is 0 Å². The van der Waals surface area contributed by atoms with Crippen molar-refractivity contribution in [3.63, 3.8) is 0 Å². The zero-order chi connectivity index (χ0) is 35.9. The lowest BCUT2D eigenvalue weighted by Crippen LogP contribution is -2.57. The van der Waals surface area contributed by atoms with Crippen molar-refractivity contribution in [1.82, 2.24) is 30.9 Å². The van der Waals surface area contributed by atoms with Crippen LogP contribution in [0.3, 0.4) is 0 Å². The number of rotatable bonds is 13. The normalized spacial score (nSPS) is 29.3. The fourth-order valence-corrected chi connectivity index (χ4v) is 10.1. The van der Waals surface area contributed by atoms with Gasteiger partial charge in [0.15, 0.2) is 11.6 Å². The second-order valence-corrected chi connectivity index (χ2v) is 18.5. The molecule has 284 valence electrons. The number of hydrogen-bond donors (Lipinski definition) is 3. The quantitative estimate of drug-likeness (QED) is 0.152. The molecule has 4 heterocycles. The third-order valence-corrected chi connectivity index (χ3v) is 14.7. The van der Waals surface area contributed by atoms with E-state index in [2.05, 4.69) is 85.3 Å². The molecule has 4 aromatic rings. The fourth-order valence-electron chi connectivity index (χ4n) is 10.1. The topological polar surface area (TPSA) is 134 Å². The molecule has 0 amide bonds. The minimum atomic E-state index is 0.0337. The van der Waals surface area contributed by atoms with Crippen LogP contribution in [0.2, 0.25) is 0 Å². The summed E-state index contributed by atoms with van der Waals surface area (Å²) in [6, 6.07) is 22.4. The molecule has 2 aromatic carbocycles. The number of piperidine rings is 1. The van der Waals surface area contributed by atoms with Crippen LogP contribution < -0.4 is 26.2 Å². The lowest BCUT2D eigenvalue weighted by atomic mass is 9.65. The molecule has 5 aliphatic carbocycles. The average Bonchev–Trinajstić information content (AvgIpc) is 4.10. The molecule has 54 heavy (non-hydrogen) atoms. The van der Waals surface area contributed by atoms with E-state index in [1.807, 2.05) is 0 Å². The molecule has 2 aromatic heterocycles. The SMILES string of the molecule is NC1CCN(c2nc(C3(CN[C@@H]4C[C@H]4c4ccc(N5CC6(CCC(c7nc(C8(CN[C@@H]9C[C@H]9c9ccccc9)CC8)no7)CC6)C5)cc4)CC3)no2)CC1. The summed E-state index contributed by atoms with van der Waals surface area (Å²) in [6.07, 6.45) is 13.7. The third-order valence-electron chi connectivity index (χ3n) is 14.7. The molecule has 1 spiro atoms. The van der Waals surface area contributed by atoms with E-state index in [1.165, 1.54) is 42.5 Å². The summed E-state index contributed by atoms with van der Waals surface area (Å²) in [6.45, 7) is 6.00. The van der Waals surface area contributed by atoms with E-state index in [-0.39, 0.29) is 16.9 Å². The summed E-state index contributed by atoms with van der Waals surface area (Å²) in [5.41, 5.74) is 10.9. The summed E-state index contributed by atoms with van der Waals surface area (Å²) in [5.74, 6) is 4.34. The Morgan fingerprint density at radius 3 is 1.89 bits per heavy atom. The van der Waals surface area contributed by atoms with Crippen molar-refractivity contribution in [2.24, 2.45) is 11.1 Å². The van der Waals surface area contributed by atoms with Gasteiger partial charge in [-0.25, -0.2) is 0 Å². The molecule has 2 saturated heterocycles. The fraction of sp³-hybridized carbons (Fsp3) is 0.628. The second kappa shape index (κ2) is 12.9. The molecule has 7 fully saturated rings. The van der Waals surface area contributed by atoms with Crippen LogP contribution in [0.15, 0.2) is 63.6 Å². The predicted octanol–water partition coefficient (Wildman–Crippen LogP) is 5.90. The van der Waals surface area contributed by atoms with Crippen molar-refractivity contribution in [2.45, 2.75) is 124 Å². The van der Waals surface area contributed by atoms with Crippen molar-refractivity contribution in [1.29, 1.82) is 0 Å². The van der Waals surface area contributed by atoms with Crippen LogP contribution in [0, 0.1) is 5.41 Å². The Bertz CT molecular complexity index is 1930. The second-order valence-electron chi connectivity index (χ2n) is 18.5. The lowest BCUT2D eigenvalue weighted by molar-refractivity contribution is 0.120. The molecule has 11 rings (SSSR count). The zero-order valence-electron chi connectivity index (χ0n) is 31.5. The van der Waals surface area contributed by atoms with Crippen LogP contribution in [0.5, 0.6) is 0 Å². The number of anilines is 2. The number of nitrogens with one attached hydrogen (secondary N) is 2. The highest BCUT2D eigenvalue weighted by molar-refractivity contribution is 5.52. The van der Waals surface area contributed by atoms with Crippen molar-refractivity contribution in [3.8, 4) is 0 Å². The van der Waals surface area contributed by atoms with Gasteiger partial charge in [0.05, 0.1) is 0 Å². The highest BCUT2D eigenvalue weighted by Gasteiger charge is 2.52. The van der Waals surface area contributed by atoms with Crippen molar-refractivity contribution in [3.05, 3.63) is 83.3 Å². The third kappa shape index (κ3) is 6.33. The maximum absolute atomic E-state index is 6.09. The Balaban J connectivity index is 0.624. The molecule has 0 bridgehead atoms. The zero-order valence-corrected chi connectivity index (χ0v) is 31.5. The first kappa shape index (κ1) is 33.5. The molecular weight excluding hydrogens is 675 g/mol. The van der Waals surface area contributed by atoms with Crippen LogP contribution in [0.1, 0.15) is 123 Å². The standard InChI is InChI=1S/C43H55N9O2/c44-31-12-20-51(21-13-31)40-48-39(50-54-40)43(18-19-43)25-46-36-23-34(36)29-6-8-32(9-7-29)52-26-41(27-52)14-10-30(11-15-41)37-47-38(49-53-37)42(16-17-42)24-45-35-22-33(35)28-4-2-1-3-5-28/h1-9,30-31,33-36,45-46H,10-27,44H2/t33-,34-,35+,36+/m0/s1. The molecule has 11 heteroatoms. The van der Waals surface area contributed by atoms with E-state index in [1.54, 1.807) is 0 Å². The highest BCUT2D eigenvalue weighted by atomic mass is 16.5. The first-order valence-corrected chi connectivity index (χ1v) is 21.0. The Hall–Kier alpha value is -3.80. The van der Waals surface area contributed by atoms with Crippen molar-refractivity contribution >= 4 is 11.7 Å². The summed E-state index contributed by atoms with van der Waals surface area (Å²) < 4.78 is 11.7. The average molecular weight is 730 g/mol. The molecular formula is C43H55N9O2. The van der Waals surface area contributed by atoms with E-state index in [4.69, 9.17) is 24.7 Å². The minimum Gasteiger partial charge on any atom is -0.370 e. The monoisotopic (exact) mass is 729 g/mol. The highest BCUT2D eigenvalue weighted by Crippen LogP contribution is 2.52. The molecule has 2 aliphatic heterocycles. The summed E-state index contributed by atoms with van der Waals surface area (Å²) in [4.78, 5) is 14.7. The van der Waals surface area contributed by atoms with Crippen molar-refractivity contribution < 1.29 is 9.05 Å². The van der Waals surface area contributed by atoms with Crippen LogP contribution in [0.4, 0.5) is 11.7 Å². The van der Waals surface area contributed by atoms with Gasteiger partial charge < -0.3 is 35.2 Å². The van der Waals surface area contributed by atoms with Gasteiger partial charge in [0.1, 0.15) is 0 Å². The van der Waals surface area contributed by atoms with Gasteiger partial charge in [-0.2, -0.15) is 9.97 Å². The van der Waals surface area contributed by atoms with Gasteiger partial charge in [0.2, 0.25) is 5.89 Å². The van der Waals surface area contributed by atoms with Crippen molar-refractivity contribution in [2.75, 3.05) is 49.1 Å². The molecule has 0 radical (unpaired) electrons. The molecule has 4 atom stereocenters. The van der Waals surface area contributed by atoms with Gasteiger partial charge in [0.25, 0.3) is 0 Å². The number of benzene rings is 2. The number of nitrogens with two attached hydrogens (primary N) is 1. The van der Waals surface area contributed by atoms with Gasteiger partial charge in [0, 0.05) is 97.1 Å². The first-order valence-electron chi connectivity index (χ1n) is 21.0. The van der Waals surface area contributed by atoms with Gasteiger partial charge in [-0.05, 0) is 100 Å². The Labute approximate surface area is 318 Å². The summed E-state index contributed by atoms with van der Waals surface area (Å²) >= 11 is 0. The van der Waals surface area contributed by atoms with E-state index in [9.17, 15) is 0 Å². The maximum Gasteiger partial charge on any atom is 0.324 e. The minimum absolute atomic E-state index is 0.0337. The largest absolute Gasteiger partial charge is 0.370 e. The van der Waals surface area contributed by atoms with Gasteiger partial charge >= 0.3 is 6.01 Å². The lowest BCUT2D eigenvalue weighted by Gasteiger charge is -2.54. The van der Waals surface area contributed by atoms with E-state index in [0.29, 0.717) is 41.3 Å². The Morgan fingerprint density at radius 1 is 0.667 bits per heavy atom. The van der Waals surface area contributed by atoms with Gasteiger partial charge in [-0.1, -0.05) is 52.8 Å². The van der Waals surface area contributed by atoms with Gasteiger partial charge in [-0.15, -0.1) is 0 Å². The van der Waals surface area contributed by atoms with Crippen LogP contribution in [-0.4, -0.2) is 77.7 Å². The Kier molecular flexibility index (Phi) is 8.00. The smallest absolute Gasteiger partial charge is 0.324 e. The van der Waals surface area contributed by atoms with E-state index < -0.39 is 0 Å². The molecule has 11 nitrogen and oxygen atoms in total. The molecule has 4 N–H and O–H groups in total. The van der Waals surface area contributed by atoms with Crippen LogP contribution >= 0.6 is 0 Å². The summed E-state index contributed by atoms with van der Waals surface area (Å²) in [5, 5.41) is 16.7. The van der Waals surface area contributed by atoms with Crippen LogP contribution in [0.25, 0.3) is 0 Å². The van der Waals surface area contributed by atoms with E-state index in [0.717, 1.165) is 108 Å². The molecule has 0 unspecified atom stereocenters. The molecule has 5 saturated carbocycles. The number of nitrogens with zero attached hydrogens (tertiary/aromatic N) is 6. The Morgan fingerprint density at radius 2 is 1.26 bits per heavy atom. The maximum atomic E-state index is 6.09. The van der Waals surface area contributed by atoms with E-state index >= 15 is 0 Å².